The van der Waals surface area contributed by atoms with Gasteiger partial charge in [0.25, 0.3) is 5.91 Å². The van der Waals surface area contributed by atoms with Crippen molar-refractivity contribution in [3.63, 3.8) is 0 Å². The van der Waals surface area contributed by atoms with E-state index in [1.165, 1.54) is 0 Å². The number of aryl methyl sites for hydroxylation is 1. The zero-order valence-electron chi connectivity index (χ0n) is 19.3. The summed E-state index contributed by atoms with van der Waals surface area (Å²) in [6.45, 7) is 4.89. The van der Waals surface area contributed by atoms with Crippen LogP contribution in [-0.2, 0) is 16.1 Å². The molecule has 8 heteroatoms. The van der Waals surface area contributed by atoms with Gasteiger partial charge in [0, 0.05) is 35.4 Å². The first-order chi connectivity index (χ1) is 16.4. The summed E-state index contributed by atoms with van der Waals surface area (Å²) >= 11 is 0. The molecule has 4 rings (SSSR count). The third kappa shape index (κ3) is 5.03. The second-order valence-corrected chi connectivity index (χ2v) is 8.67. The van der Waals surface area contributed by atoms with Gasteiger partial charge in [-0.05, 0) is 56.2 Å². The van der Waals surface area contributed by atoms with Crippen LogP contribution in [0.5, 0.6) is 5.75 Å². The third-order valence-corrected chi connectivity index (χ3v) is 6.52. The molecule has 1 unspecified atom stereocenters. The predicted octanol–water partition coefficient (Wildman–Crippen LogP) is 3.54. The number of aromatic nitrogens is 1. The Bertz CT molecular complexity index is 1170. The topological polar surface area (TPSA) is 110 Å². The number of para-hydroxylation sites is 1. The number of benzene rings is 2. The van der Waals surface area contributed by atoms with Gasteiger partial charge in [0.1, 0.15) is 12.4 Å². The number of amides is 2. The molecule has 0 bridgehead atoms. The molecule has 0 spiro atoms. The fourth-order valence-electron chi connectivity index (χ4n) is 4.43. The van der Waals surface area contributed by atoms with E-state index in [9.17, 15) is 9.59 Å². The van der Waals surface area contributed by atoms with Gasteiger partial charge in [0.05, 0.1) is 17.0 Å². The van der Waals surface area contributed by atoms with Gasteiger partial charge in [-0.15, -0.1) is 0 Å². The number of hydrogen-bond donors (Lipinski definition) is 3. The van der Waals surface area contributed by atoms with Crippen molar-refractivity contribution in [1.82, 2.24) is 15.8 Å². The molecule has 178 valence electrons. The summed E-state index contributed by atoms with van der Waals surface area (Å²) in [5.74, 6) is -0.804. The molecule has 1 saturated heterocycles. The summed E-state index contributed by atoms with van der Waals surface area (Å²) in [5, 5.41) is 13.2. The SMILES string of the molecule is Cc1cc(COc2ccc(C(=O)NC3(C(C)C(=O)NO)CCOCC3)cc2)c2ccccc2n1. The van der Waals surface area contributed by atoms with Crippen LogP contribution in [0.15, 0.2) is 54.6 Å². The van der Waals surface area contributed by atoms with Crippen LogP contribution >= 0.6 is 0 Å². The fourth-order valence-corrected chi connectivity index (χ4v) is 4.43. The normalized spacial score (nSPS) is 16.0. The monoisotopic (exact) mass is 463 g/mol. The summed E-state index contributed by atoms with van der Waals surface area (Å²) in [6, 6.07) is 16.9. The van der Waals surface area contributed by atoms with Crippen molar-refractivity contribution in [1.29, 1.82) is 0 Å². The van der Waals surface area contributed by atoms with Gasteiger partial charge in [-0.3, -0.25) is 19.8 Å². The average molecular weight is 464 g/mol. The zero-order chi connectivity index (χ0) is 24.1. The number of carbonyl (C=O) groups is 2. The van der Waals surface area contributed by atoms with Crippen molar-refractivity contribution < 1.29 is 24.3 Å². The van der Waals surface area contributed by atoms with Crippen LogP contribution in [0.1, 0.15) is 41.4 Å². The number of nitrogens with zero attached hydrogens (tertiary/aromatic N) is 1. The minimum absolute atomic E-state index is 0.290. The van der Waals surface area contributed by atoms with Gasteiger partial charge < -0.3 is 14.8 Å². The third-order valence-electron chi connectivity index (χ3n) is 6.52. The van der Waals surface area contributed by atoms with Crippen molar-refractivity contribution in [2.45, 2.75) is 38.8 Å². The smallest absolute Gasteiger partial charge is 0.251 e. The Balaban J connectivity index is 1.45. The number of ether oxygens (including phenoxy) is 2. The Kier molecular flexibility index (Phi) is 7.09. The lowest BCUT2D eigenvalue weighted by molar-refractivity contribution is -0.137. The van der Waals surface area contributed by atoms with Gasteiger partial charge in [-0.2, -0.15) is 0 Å². The van der Waals surface area contributed by atoms with Crippen molar-refractivity contribution in [2.75, 3.05) is 13.2 Å². The molecule has 2 heterocycles. The molecule has 3 aromatic rings. The summed E-state index contributed by atoms with van der Waals surface area (Å²) < 4.78 is 11.4. The van der Waals surface area contributed by atoms with Crippen LogP contribution in [-0.4, -0.2) is 40.8 Å². The van der Waals surface area contributed by atoms with Crippen molar-refractivity contribution >= 4 is 22.7 Å². The highest BCUT2D eigenvalue weighted by Crippen LogP contribution is 2.30. The first-order valence-corrected chi connectivity index (χ1v) is 11.3. The number of carbonyl (C=O) groups excluding carboxylic acids is 2. The van der Waals surface area contributed by atoms with Crippen LogP contribution in [0.4, 0.5) is 0 Å². The maximum absolute atomic E-state index is 13.0. The Morgan fingerprint density at radius 2 is 1.85 bits per heavy atom. The molecule has 1 aliphatic heterocycles. The highest BCUT2D eigenvalue weighted by atomic mass is 16.5. The molecule has 3 N–H and O–H groups in total. The van der Waals surface area contributed by atoms with E-state index >= 15 is 0 Å². The number of hydroxylamine groups is 1. The van der Waals surface area contributed by atoms with Gasteiger partial charge in [0.2, 0.25) is 5.91 Å². The highest BCUT2D eigenvalue weighted by molar-refractivity contribution is 5.95. The number of fused-ring (bicyclic) bond motifs is 1. The van der Waals surface area contributed by atoms with Gasteiger partial charge in [-0.1, -0.05) is 25.1 Å². The summed E-state index contributed by atoms with van der Waals surface area (Å²) in [7, 11) is 0. The van der Waals surface area contributed by atoms with E-state index in [0.717, 1.165) is 22.2 Å². The Hall–Kier alpha value is -3.49. The molecule has 1 atom stereocenters. The first kappa shape index (κ1) is 23.7. The lowest BCUT2D eigenvalue weighted by Crippen LogP contribution is -2.59. The molecular formula is C26H29N3O5. The number of nitrogens with one attached hydrogen (secondary N) is 2. The number of hydrogen-bond acceptors (Lipinski definition) is 6. The Labute approximate surface area is 198 Å². The molecule has 1 aliphatic rings. The molecule has 1 aromatic heterocycles. The van der Waals surface area contributed by atoms with E-state index in [0.29, 0.717) is 44.0 Å². The molecule has 1 fully saturated rings. The van der Waals surface area contributed by atoms with Crippen molar-refractivity contribution in [3.05, 3.63) is 71.4 Å². The van der Waals surface area contributed by atoms with E-state index in [2.05, 4.69) is 10.3 Å². The van der Waals surface area contributed by atoms with E-state index in [4.69, 9.17) is 14.7 Å². The maximum atomic E-state index is 13.0. The van der Waals surface area contributed by atoms with Crippen LogP contribution in [0.3, 0.4) is 0 Å². The van der Waals surface area contributed by atoms with E-state index < -0.39 is 17.4 Å². The minimum Gasteiger partial charge on any atom is -0.489 e. The van der Waals surface area contributed by atoms with E-state index in [1.54, 1.807) is 36.7 Å². The quantitative estimate of drug-likeness (QED) is 0.365. The van der Waals surface area contributed by atoms with Gasteiger partial charge >= 0.3 is 0 Å². The molecule has 34 heavy (non-hydrogen) atoms. The number of rotatable bonds is 7. The van der Waals surface area contributed by atoms with Gasteiger partial charge in [0.15, 0.2) is 0 Å². The minimum atomic E-state index is -0.794. The van der Waals surface area contributed by atoms with E-state index in [1.807, 2.05) is 37.3 Å². The lowest BCUT2D eigenvalue weighted by Gasteiger charge is -2.41. The molecule has 0 radical (unpaired) electrons. The summed E-state index contributed by atoms with van der Waals surface area (Å²) in [4.78, 5) is 29.7. The largest absolute Gasteiger partial charge is 0.489 e. The van der Waals surface area contributed by atoms with Crippen LogP contribution < -0.4 is 15.5 Å². The highest BCUT2D eigenvalue weighted by Gasteiger charge is 2.42. The zero-order valence-corrected chi connectivity index (χ0v) is 19.3. The molecule has 0 saturated carbocycles. The summed E-state index contributed by atoms with van der Waals surface area (Å²) in [5.41, 5.74) is 4.26. The van der Waals surface area contributed by atoms with Crippen LogP contribution in [0.25, 0.3) is 10.9 Å². The fraction of sp³-hybridized carbons (Fsp3) is 0.346. The molecule has 2 aromatic carbocycles. The second-order valence-electron chi connectivity index (χ2n) is 8.67. The predicted molar refractivity (Wildman–Crippen MR) is 127 cm³/mol. The second kappa shape index (κ2) is 10.2. The average Bonchev–Trinajstić information content (AvgIpc) is 2.87. The first-order valence-electron chi connectivity index (χ1n) is 11.3. The van der Waals surface area contributed by atoms with Crippen LogP contribution in [0, 0.1) is 12.8 Å². The lowest BCUT2D eigenvalue weighted by atomic mass is 9.78. The Morgan fingerprint density at radius 3 is 2.56 bits per heavy atom. The summed E-state index contributed by atoms with van der Waals surface area (Å²) in [6.07, 6.45) is 0.960. The molecule has 8 nitrogen and oxygen atoms in total. The Morgan fingerprint density at radius 1 is 1.15 bits per heavy atom. The van der Waals surface area contributed by atoms with Crippen molar-refractivity contribution in [2.24, 2.45) is 5.92 Å². The van der Waals surface area contributed by atoms with Crippen molar-refractivity contribution in [3.8, 4) is 5.75 Å². The van der Waals surface area contributed by atoms with Gasteiger partial charge in [-0.25, -0.2) is 5.48 Å². The standard InChI is InChI=1S/C26H29N3O5/c1-17-15-20(22-5-3-4-6-23(22)27-17)16-34-21-9-7-19(8-10-21)25(31)28-26(11-13-33-14-12-26)18(2)24(30)29-32/h3-10,15,18,32H,11-14,16H2,1-2H3,(H,28,31)(H,29,30). The van der Waals surface area contributed by atoms with Crippen LogP contribution in [0.2, 0.25) is 0 Å². The maximum Gasteiger partial charge on any atom is 0.251 e. The molecule has 0 aliphatic carbocycles. The number of pyridine rings is 1. The van der Waals surface area contributed by atoms with E-state index in [-0.39, 0.29) is 5.91 Å². The molecular weight excluding hydrogens is 434 g/mol. The molecule has 2 amide bonds.